The fraction of sp³-hybridized carbons (Fsp3) is 0.222. The maximum absolute atomic E-state index is 12.4. The Morgan fingerprint density at radius 1 is 1.20 bits per heavy atom. The second-order valence-corrected chi connectivity index (χ2v) is 5.44. The lowest BCUT2D eigenvalue weighted by atomic mass is 10.1. The van der Waals surface area contributed by atoms with E-state index in [0.29, 0.717) is 23.7 Å². The molecule has 0 spiro atoms. The summed E-state index contributed by atoms with van der Waals surface area (Å²) in [5, 5.41) is 8.31. The molecular weight excluding hydrogens is 320 g/mol. The van der Waals surface area contributed by atoms with Gasteiger partial charge in [-0.05, 0) is 18.2 Å². The molecule has 25 heavy (non-hydrogen) atoms. The number of para-hydroxylation sites is 1. The first-order chi connectivity index (χ1) is 12.2. The summed E-state index contributed by atoms with van der Waals surface area (Å²) >= 11 is 0. The predicted octanol–water partition coefficient (Wildman–Crippen LogP) is 1.89. The summed E-state index contributed by atoms with van der Waals surface area (Å²) in [7, 11) is 1.53. The van der Waals surface area contributed by atoms with Crippen molar-refractivity contribution in [3.05, 3.63) is 54.2 Å². The van der Waals surface area contributed by atoms with Crippen molar-refractivity contribution in [2.75, 3.05) is 12.1 Å². The maximum Gasteiger partial charge on any atom is 0.267 e. The van der Waals surface area contributed by atoms with E-state index in [2.05, 4.69) is 15.4 Å². The predicted molar refractivity (Wildman–Crippen MR) is 93.2 cm³/mol. The van der Waals surface area contributed by atoms with Gasteiger partial charge in [-0.1, -0.05) is 24.3 Å². The molecule has 7 nitrogen and oxygen atoms in total. The first kappa shape index (κ1) is 16.6. The lowest BCUT2D eigenvalue weighted by Crippen LogP contribution is -2.38. The number of nitrogens with zero attached hydrogens (tertiary/aromatic N) is 3. The Labute approximate surface area is 145 Å². The third-order valence-corrected chi connectivity index (χ3v) is 3.78. The number of carbonyl (C=O) groups excluding carboxylic acids is 2. The highest BCUT2D eigenvalue weighted by Crippen LogP contribution is 2.20. The van der Waals surface area contributed by atoms with Crippen LogP contribution >= 0.6 is 0 Å². The number of aromatic nitrogens is 1. The number of pyridine rings is 1. The van der Waals surface area contributed by atoms with Gasteiger partial charge >= 0.3 is 0 Å². The molecule has 3 rings (SSSR count). The molecule has 0 aliphatic carbocycles. The third-order valence-electron chi connectivity index (χ3n) is 3.78. The van der Waals surface area contributed by atoms with Crippen LogP contribution in [0.15, 0.2) is 53.8 Å². The van der Waals surface area contributed by atoms with Crippen LogP contribution in [0.1, 0.15) is 18.4 Å². The van der Waals surface area contributed by atoms with Crippen LogP contribution in [-0.2, 0) is 16.1 Å². The quantitative estimate of drug-likeness (QED) is 0.902. The van der Waals surface area contributed by atoms with Crippen molar-refractivity contribution in [1.29, 1.82) is 0 Å². The zero-order valence-corrected chi connectivity index (χ0v) is 13.8. The zero-order valence-electron chi connectivity index (χ0n) is 13.8. The summed E-state index contributed by atoms with van der Waals surface area (Å²) in [6, 6.07) is 12.7. The fourth-order valence-electron chi connectivity index (χ4n) is 2.51. The number of amides is 2. The molecule has 2 heterocycles. The summed E-state index contributed by atoms with van der Waals surface area (Å²) < 4.78 is 5.17. The van der Waals surface area contributed by atoms with Gasteiger partial charge < -0.3 is 10.1 Å². The molecule has 0 saturated carbocycles. The molecule has 0 atom stereocenters. The molecule has 7 heteroatoms. The van der Waals surface area contributed by atoms with Crippen LogP contribution < -0.4 is 15.1 Å². The lowest BCUT2D eigenvalue weighted by molar-refractivity contribution is -0.119. The number of hydrogen-bond acceptors (Lipinski definition) is 5. The molecule has 1 aromatic carbocycles. The molecule has 2 aromatic rings. The minimum Gasteiger partial charge on any atom is -0.481 e. The number of hydrazone groups is 1. The molecule has 0 fully saturated rings. The second-order valence-electron chi connectivity index (χ2n) is 5.44. The molecule has 2 amide bonds. The van der Waals surface area contributed by atoms with Crippen molar-refractivity contribution in [2.24, 2.45) is 5.10 Å². The van der Waals surface area contributed by atoms with Gasteiger partial charge in [0, 0.05) is 31.1 Å². The molecule has 0 unspecified atom stereocenters. The largest absolute Gasteiger partial charge is 0.481 e. The number of anilines is 1. The normalized spacial score (nSPS) is 14.0. The SMILES string of the molecule is COc1ncccc1CNC(=O)C1=NN(c2ccccc2)C(=O)CC1. The van der Waals surface area contributed by atoms with Gasteiger partial charge in [0.15, 0.2) is 0 Å². The highest BCUT2D eigenvalue weighted by molar-refractivity contribution is 6.40. The van der Waals surface area contributed by atoms with Gasteiger partial charge in [-0.15, -0.1) is 0 Å². The lowest BCUT2D eigenvalue weighted by Gasteiger charge is -2.23. The Bertz CT molecular complexity index is 805. The average molecular weight is 338 g/mol. The highest BCUT2D eigenvalue weighted by atomic mass is 16.5. The zero-order chi connectivity index (χ0) is 17.6. The van der Waals surface area contributed by atoms with Crippen molar-refractivity contribution >= 4 is 23.2 Å². The van der Waals surface area contributed by atoms with Crippen LogP contribution in [0.5, 0.6) is 5.88 Å². The van der Waals surface area contributed by atoms with E-state index in [0.717, 1.165) is 5.56 Å². The van der Waals surface area contributed by atoms with Crippen LogP contribution in [0.3, 0.4) is 0 Å². The number of carbonyl (C=O) groups is 2. The molecule has 0 radical (unpaired) electrons. The molecule has 128 valence electrons. The standard InChI is InChI=1S/C18H18N4O3/c1-25-18-13(6-5-11-19-18)12-20-17(24)15-9-10-16(23)22(21-15)14-7-3-2-4-8-14/h2-8,11H,9-10,12H2,1H3,(H,20,24). The number of ether oxygens (including phenoxy) is 1. The first-order valence-electron chi connectivity index (χ1n) is 7.90. The Hall–Kier alpha value is -3.22. The van der Waals surface area contributed by atoms with Gasteiger partial charge in [-0.3, -0.25) is 9.59 Å². The van der Waals surface area contributed by atoms with E-state index in [1.54, 1.807) is 24.4 Å². The number of benzene rings is 1. The van der Waals surface area contributed by atoms with Crippen molar-refractivity contribution in [3.63, 3.8) is 0 Å². The Balaban J connectivity index is 1.72. The molecular formula is C18H18N4O3. The average Bonchev–Trinajstić information content (AvgIpc) is 2.67. The molecule has 1 aromatic heterocycles. The van der Waals surface area contributed by atoms with E-state index in [1.165, 1.54) is 12.1 Å². The van der Waals surface area contributed by atoms with Gasteiger partial charge in [-0.2, -0.15) is 5.10 Å². The Kier molecular flexibility index (Phi) is 5.03. The van der Waals surface area contributed by atoms with Crippen LogP contribution in [0, 0.1) is 0 Å². The van der Waals surface area contributed by atoms with E-state index in [4.69, 9.17) is 4.74 Å². The smallest absolute Gasteiger partial charge is 0.267 e. The third kappa shape index (κ3) is 3.82. The summed E-state index contributed by atoms with van der Waals surface area (Å²) in [4.78, 5) is 28.6. The summed E-state index contributed by atoms with van der Waals surface area (Å²) in [6.45, 7) is 0.272. The van der Waals surface area contributed by atoms with Crippen molar-refractivity contribution in [1.82, 2.24) is 10.3 Å². The van der Waals surface area contributed by atoms with Gasteiger partial charge in [0.2, 0.25) is 11.8 Å². The van der Waals surface area contributed by atoms with Crippen molar-refractivity contribution < 1.29 is 14.3 Å². The van der Waals surface area contributed by atoms with Gasteiger partial charge in [0.1, 0.15) is 5.71 Å². The molecule has 1 aliphatic rings. The minimum absolute atomic E-state index is 0.128. The Morgan fingerprint density at radius 2 is 2.00 bits per heavy atom. The van der Waals surface area contributed by atoms with Gasteiger partial charge in [0.25, 0.3) is 5.91 Å². The number of methoxy groups -OCH3 is 1. The molecule has 1 aliphatic heterocycles. The summed E-state index contributed by atoms with van der Waals surface area (Å²) in [6.07, 6.45) is 2.19. The monoisotopic (exact) mass is 338 g/mol. The molecule has 0 bridgehead atoms. The number of nitrogens with one attached hydrogen (secondary N) is 1. The minimum atomic E-state index is -0.306. The highest BCUT2D eigenvalue weighted by Gasteiger charge is 2.25. The second kappa shape index (κ2) is 7.57. The van der Waals surface area contributed by atoms with Gasteiger partial charge in [0.05, 0.1) is 12.8 Å². The fourth-order valence-corrected chi connectivity index (χ4v) is 2.51. The number of hydrogen-bond donors (Lipinski definition) is 1. The van der Waals surface area contributed by atoms with Crippen LogP contribution in [0.4, 0.5) is 5.69 Å². The Morgan fingerprint density at radius 3 is 2.76 bits per heavy atom. The van der Waals surface area contributed by atoms with Crippen LogP contribution in [0.2, 0.25) is 0 Å². The topological polar surface area (TPSA) is 83.9 Å². The van der Waals surface area contributed by atoms with E-state index >= 15 is 0 Å². The summed E-state index contributed by atoms with van der Waals surface area (Å²) in [5.74, 6) is 0.0329. The maximum atomic E-state index is 12.4. The van der Waals surface area contributed by atoms with Crippen LogP contribution in [-0.4, -0.2) is 29.6 Å². The van der Waals surface area contributed by atoms with E-state index in [1.807, 2.05) is 24.3 Å². The van der Waals surface area contributed by atoms with Crippen LogP contribution in [0.25, 0.3) is 0 Å². The molecule has 0 saturated heterocycles. The van der Waals surface area contributed by atoms with E-state index < -0.39 is 0 Å². The summed E-state index contributed by atoms with van der Waals surface area (Å²) in [5.41, 5.74) is 1.74. The van der Waals surface area contributed by atoms with Crippen molar-refractivity contribution in [3.8, 4) is 5.88 Å². The van der Waals surface area contributed by atoms with Crippen molar-refractivity contribution in [2.45, 2.75) is 19.4 Å². The van der Waals surface area contributed by atoms with E-state index in [9.17, 15) is 9.59 Å². The number of rotatable bonds is 5. The first-order valence-corrected chi connectivity index (χ1v) is 7.90. The molecule has 1 N–H and O–H groups in total. The van der Waals surface area contributed by atoms with E-state index in [-0.39, 0.29) is 24.8 Å². The van der Waals surface area contributed by atoms with Gasteiger partial charge in [-0.25, -0.2) is 9.99 Å².